The Bertz CT molecular complexity index is 187. The van der Waals surface area contributed by atoms with Crippen LogP contribution in [0.25, 0.3) is 0 Å². The molecule has 0 aliphatic heterocycles. The van der Waals surface area contributed by atoms with Crippen molar-refractivity contribution in [3.05, 3.63) is 0 Å². The number of carbonyl (C=O) groups is 2. The fraction of sp³-hybridized carbons (Fsp3) is 0.800. The zero-order valence-corrected chi connectivity index (χ0v) is 9.63. The molecule has 0 fully saturated rings. The standard InChI is InChI=1S/C10H22N4O2/c11-5-1-3-9(15)13-7-8-14-10(16)4-2-6-12/h1-8,11-12H2,(H,13,15)(H,14,16). The number of rotatable bonds is 9. The molecule has 6 N–H and O–H groups in total. The molecule has 2 amide bonds. The van der Waals surface area contributed by atoms with Crippen LogP contribution in [0.2, 0.25) is 0 Å². The van der Waals surface area contributed by atoms with Gasteiger partial charge in [0.25, 0.3) is 0 Å². The van der Waals surface area contributed by atoms with Crippen LogP contribution >= 0.6 is 0 Å². The van der Waals surface area contributed by atoms with Gasteiger partial charge < -0.3 is 22.1 Å². The number of nitrogens with two attached hydrogens (primary N) is 2. The van der Waals surface area contributed by atoms with E-state index in [1.54, 1.807) is 0 Å². The van der Waals surface area contributed by atoms with E-state index < -0.39 is 0 Å². The van der Waals surface area contributed by atoms with Crippen molar-refractivity contribution >= 4 is 11.8 Å². The van der Waals surface area contributed by atoms with Crippen LogP contribution in [-0.2, 0) is 9.59 Å². The van der Waals surface area contributed by atoms with E-state index in [2.05, 4.69) is 10.6 Å². The van der Waals surface area contributed by atoms with Gasteiger partial charge in [0.15, 0.2) is 0 Å². The van der Waals surface area contributed by atoms with Crippen LogP contribution in [-0.4, -0.2) is 38.0 Å². The Morgan fingerprint density at radius 3 is 1.50 bits per heavy atom. The van der Waals surface area contributed by atoms with Gasteiger partial charge >= 0.3 is 0 Å². The van der Waals surface area contributed by atoms with E-state index in [-0.39, 0.29) is 11.8 Å². The number of carbonyl (C=O) groups excluding carboxylic acids is 2. The molecule has 0 saturated heterocycles. The molecule has 16 heavy (non-hydrogen) atoms. The summed E-state index contributed by atoms with van der Waals surface area (Å²) in [5.74, 6) is -0.0525. The second-order valence-electron chi connectivity index (χ2n) is 3.48. The van der Waals surface area contributed by atoms with Gasteiger partial charge in [0.2, 0.25) is 11.8 Å². The van der Waals surface area contributed by atoms with Crippen LogP contribution in [0.15, 0.2) is 0 Å². The van der Waals surface area contributed by atoms with E-state index in [0.717, 1.165) is 0 Å². The van der Waals surface area contributed by atoms with Crippen molar-refractivity contribution in [1.29, 1.82) is 0 Å². The zero-order valence-electron chi connectivity index (χ0n) is 9.63. The summed E-state index contributed by atoms with van der Waals surface area (Å²) in [7, 11) is 0. The first kappa shape index (κ1) is 14.9. The molecule has 0 spiro atoms. The van der Waals surface area contributed by atoms with Crippen molar-refractivity contribution in [2.45, 2.75) is 25.7 Å². The Balaban J connectivity index is 3.31. The van der Waals surface area contributed by atoms with Crippen molar-refractivity contribution in [2.75, 3.05) is 26.2 Å². The molecule has 0 bridgehead atoms. The first-order chi connectivity index (χ1) is 7.70. The van der Waals surface area contributed by atoms with Gasteiger partial charge in [0, 0.05) is 25.9 Å². The summed E-state index contributed by atoms with van der Waals surface area (Å²) in [6.45, 7) is 1.95. The first-order valence-corrected chi connectivity index (χ1v) is 5.64. The highest BCUT2D eigenvalue weighted by Crippen LogP contribution is 1.85. The maximum atomic E-state index is 11.1. The molecular formula is C10H22N4O2. The largest absolute Gasteiger partial charge is 0.354 e. The summed E-state index contributed by atoms with van der Waals surface area (Å²) < 4.78 is 0. The average Bonchev–Trinajstić information content (AvgIpc) is 2.29. The molecular weight excluding hydrogens is 208 g/mol. The second kappa shape index (κ2) is 10.4. The highest BCUT2D eigenvalue weighted by Gasteiger charge is 2.01. The molecule has 0 aliphatic rings. The lowest BCUT2D eigenvalue weighted by atomic mass is 10.3. The Morgan fingerprint density at radius 1 is 0.812 bits per heavy atom. The van der Waals surface area contributed by atoms with E-state index in [0.29, 0.717) is 51.9 Å². The van der Waals surface area contributed by atoms with Crippen molar-refractivity contribution in [3.63, 3.8) is 0 Å². The maximum Gasteiger partial charge on any atom is 0.220 e. The number of nitrogens with one attached hydrogen (secondary N) is 2. The summed E-state index contributed by atoms with van der Waals surface area (Å²) >= 11 is 0. The molecule has 0 atom stereocenters. The Morgan fingerprint density at radius 2 is 1.19 bits per heavy atom. The Hall–Kier alpha value is -1.14. The van der Waals surface area contributed by atoms with Crippen LogP contribution in [0.1, 0.15) is 25.7 Å². The van der Waals surface area contributed by atoms with Crippen LogP contribution in [0.4, 0.5) is 0 Å². The summed E-state index contributed by atoms with van der Waals surface area (Å²) in [6.07, 6.45) is 2.26. The summed E-state index contributed by atoms with van der Waals surface area (Å²) in [6, 6.07) is 0. The van der Waals surface area contributed by atoms with E-state index in [9.17, 15) is 9.59 Å². The van der Waals surface area contributed by atoms with Crippen molar-refractivity contribution in [2.24, 2.45) is 11.5 Å². The third-order valence-electron chi connectivity index (χ3n) is 1.99. The number of amides is 2. The molecule has 0 aromatic carbocycles. The number of hydrogen-bond acceptors (Lipinski definition) is 4. The quantitative estimate of drug-likeness (QED) is 0.369. The van der Waals surface area contributed by atoms with Crippen molar-refractivity contribution in [3.8, 4) is 0 Å². The average molecular weight is 230 g/mol. The molecule has 0 aromatic heterocycles. The van der Waals surface area contributed by atoms with Gasteiger partial charge in [-0.3, -0.25) is 9.59 Å². The molecule has 0 aromatic rings. The smallest absolute Gasteiger partial charge is 0.220 e. The second-order valence-corrected chi connectivity index (χ2v) is 3.48. The minimum atomic E-state index is -0.0262. The summed E-state index contributed by atoms with van der Waals surface area (Å²) in [4.78, 5) is 22.2. The molecule has 0 saturated carbocycles. The lowest BCUT2D eigenvalue weighted by Crippen LogP contribution is -2.34. The maximum absolute atomic E-state index is 11.1. The van der Waals surface area contributed by atoms with Gasteiger partial charge in [-0.2, -0.15) is 0 Å². The molecule has 6 nitrogen and oxygen atoms in total. The van der Waals surface area contributed by atoms with Crippen molar-refractivity contribution in [1.82, 2.24) is 10.6 Å². The predicted octanol–water partition coefficient (Wildman–Crippen LogP) is -1.30. The third kappa shape index (κ3) is 9.42. The molecule has 6 heteroatoms. The van der Waals surface area contributed by atoms with E-state index in [1.807, 2.05) is 0 Å². The molecule has 0 rings (SSSR count). The Labute approximate surface area is 96.1 Å². The summed E-state index contributed by atoms with van der Waals surface area (Å²) in [5, 5.41) is 5.39. The fourth-order valence-electron chi connectivity index (χ4n) is 1.11. The lowest BCUT2D eigenvalue weighted by Gasteiger charge is -2.06. The van der Waals surface area contributed by atoms with Gasteiger partial charge in [-0.15, -0.1) is 0 Å². The van der Waals surface area contributed by atoms with Crippen molar-refractivity contribution < 1.29 is 9.59 Å². The normalized spacial score (nSPS) is 9.88. The monoisotopic (exact) mass is 230 g/mol. The van der Waals surface area contributed by atoms with Gasteiger partial charge in [-0.1, -0.05) is 0 Å². The Kier molecular flexibility index (Phi) is 9.64. The van der Waals surface area contributed by atoms with E-state index in [1.165, 1.54) is 0 Å². The van der Waals surface area contributed by atoms with Crippen LogP contribution in [0, 0.1) is 0 Å². The highest BCUT2D eigenvalue weighted by atomic mass is 16.2. The van der Waals surface area contributed by atoms with Crippen LogP contribution in [0.5, 0.6) is 0 Å². The molecule has 0 heterocycles. The van der Waals surface area contributed by atoms with Gasteiger partial charge in [0.1, 0.15) is 0 Å². The van der Waals surface area contributed by atoms with E-state index >= 15 is 0 Å². The molecule has 0 aliphatic carbocycles. The fourth-order valence-corrected chi connectivity index (χ4v) is 1.11. The van der Waals surface area contributed by atoms with Gasteiger partial charge in [-0.05, 0) is 25.9 Å². The van der Waals surface area contributed by atoms with Gasteiger partial charge in [0.05, 0.1) is 0 Å². The summed E-state index contributed by atoms with van der Waals surface area (Å²) in [5.41, 5.74) is 10.5. The highest BCUT2D eigenvalue weighted by molar-refractivity contribution is 5.77. The minimum Gasteiger partial charge on any atom is -0.354 e. The molecule has 0 unspecified atom stereocenters. The first-order valence-electron chi connectivity index (χ1n) is 5.64. The minimum absolute atomic E-state index is 0.0262. The predicted molar refractivity (Wildman–Crippen MR) is 62.6 cm³/mol. The lowest BCUT2D eigenvalue weighted by molar-refractivity contribution is -0.123. The van der Waals surface area contributed by atoms with Crippen LogP contribution in [0.3, 0.4) is 0 Å². The van der Waals surface area contributed by atoms with Gasteiger partial charge in [-0.25, -0.2) is 0 Å². The number of hydrogen-bond donors (Lipinski definition) is 4. The SMILES string of the molecule is NCCCC(=O)NCCNC(=O)CCCN. The third-order valence-corrected chi connectivity index (χ3v) is 1.99. The topological polar surface area (TPSA) is 110 Å². The molecule has 0 radical (unpaired) electrons. The van der Waals surface area contributed by atoms with E-state index in [4.69, 9.17) is 11.5 Å². The molecule has 94 valence electrons. The zero-order chi connectivity index (χ0) is 12.2. The van der Waals surface area contributed by atoms with Crippen LogP contribution < -0.4 is 22.1 Å².